The molecule has 3 aromatic carbocycles. The van der Waals surface area contributed by atoms with Crippen molar-refractivity contribution >= 4 is 57.6 Å². The molecular formula is C33H30ClIN2O7S. The fourth-order valence-electron chi connectivity index (χ4n) is 4.84. The molecule has 1 aliphatic heterocycles. The number of thiazole rings is 1. The number of ether oxygens (including phenoxy) is 5. The van der Waals surface area contributed by atoms with Crippen molar-refractivity contribution in [2.45, 2.75) is 26.5 Å². The maximum absolute atomic E-state index is 14.0. The van der Waals surface area contributed by atoms with Crippen LogP contribution in [0.3, 0.4) is 0 Å². The van der Waals surface area contributed by atoms with Crippen LogP contribution in [-0.4, -0.2) is 38.0 Å². The Bertz CT molecular complexity index is 1940. The van der Waals surface area contributed by atoms with E-state index < -0.39 is 12.0 Å². The van der Waals surface area contributed by atoms with Crippen LogP contribution < -0.4 is 33.8 Å². The zero-order chi connectivity index (χ0) is 32.1. The summed E-state index contributed by atoms with van der Waals surface area (Å²) in [6.45, 7) is 4.97. The molecule has 0 saturated carbocycles. The Morgan fingerprint density at radius 3 is 2.42 bits per heavy atom. The fourth-order valence-corrected chi connectivity index (χ4v) is 6.71. The average molecular weight is 761 g/mol. The molecule has 0 spiro atoms. The molecule has 4 aromatic rings. The molecule has 234 valence electrons. The van der Waals surface area contributed by atoms with Crippen LogP contribution in [0.2, 0.25) is 5.02 Å². The van der Waals surface area contributed by atoms with Gasteiger partial charge >= 0.3 is 5.97 Å². The van der Waals surface area contributed by atoms with Crippen LogP contribution in [0.25, 0.3) is 6.08 Å². The number of halogens is 2. The molecule has 5 rings (SSSR count). The van der Waals surface area contributed by atoms with Crippen LogP contribution in [0.4, 0.5) is 0 Å². The van der Waals surface area contributed by atoms with Gasteiger partial charge in [-0.25, -0.2) is 9.79 Å². The smallest absolute Gasteiger partial charge is 0.337 e. The number of nitrogens with zero attached hydrogens (tertiary/aromatic N) is 2. The second-order valence-corrected chi connectivity index (χ2v) is 12.3. The zero-order valence-electron chi connectivity index (χ0n) is 25.0. The van der Waals surface area contributed by atoms with E-state index in [2.05, 4.69) is 27.6 Å². The Hall–Kier alpha value is -3.81. The SMILES string of the molecule is CCOc1ccc([C@@H]2C(C(=O)OC)=CN=c3s/c(=C/c4cc(I)c(OCc5ccc(Cl)cc5)c(OC)c4)c(=O)n32)cc1OCC. The highest BCUT2D eigenvalue weighted by atomic mass is 127. The van der Waals surface area contributed by atoms with Gasteiger partial charge in [-0.05, 0) is 95.6 Å². The van der Waals surface area contributed by atoms with E-state index >= 15 is 0 Å². The Morgan fingerprint density at radius 1 is 1.00 bits per heavy atom. The van der Waals surface area contributed by atoms with E-state index in [0.717, 1.165) is 14.7 Å². The fraction of sp³-hybridized carbons (Fsp3) is 0.242. The zero-order valence-corrected chi connectivity index (χ0v) is 28.7. The van der Waals surface area contributed by atoms with Gasteiger partial charge in [0.2, 0.25) is 0 Å². The lowest BCUT2D eigenvalue weighted by molar-refractivity contribution is -0.136. The summed E-state index contributed by atoms with van der Waals surface area (Å²) in [4.78, 5) is 31.8. The standard InChI is InChI=1S/C33H30ClIN2O7S/c1-5-42-25-12-9-21(16-26(25)43-6-2)29-23(32(39)41-4)17-36-33-37(29)31(38)28(45-33)15-20-13-24(35)30(27(14-20)40-3)44-18-19-7-10-22(34)11-8-19/h7-17,29H,5-6,18H2,1-4H3/b28-15+/t29-/m1/s1. The normalized spacial score (nSPS) is 14.2. The molecular weight excluding hydrogens is 731 g/mol. The molecule has 1 atom stereocenters. The first-order chi connectivity index (χ1) is 21.8. The number of methoxy groups -OCH3 is 2. The summed E-state index contributed by atoms with van der Waals surface area (Å²) in [5.74, 6) is 1.62. The van der Waals surface area contributed by atoms with Gasteiger partial charge in [0.15, 0.2) is 27.8 Å². The average Bonchev–Trinajstić information content (AvgIpc) is 3.35. The highest BCUT2D eigenvalue weighted by molar-refractivity contribution is 14.1. The highest BCUT2D eigenvalue weighted by Gasteiger charge is 2.31. The molecule has 0 amide bonds. The number of aromatic nitrogens is 1. The third-order valence-electron chi connectivity index (χ3n) is 6.85. The van der Waals surface area contributed by atoms with Crippen molar-refractivity contribution in [3.05, 3.63) is 111 Å². The van der Waals surface area contributed by atoms with Gasteiger partial charge in [-0.2, -0.15) is 0 Å². The summed E-state index contributed by atoms with van der Waals surface area (Å²) < 4.78 is 31.1. The lowest BCUT2D eigenvalue weighted by Crippen LogP contribution is -2.39. The summed E-state index contributed by atoms with van der Waals surface area (Å²) in [5.41, 5.74) is 2.27. The van der Waals surface area contributed by atoms with Crippen molar-refractivity contribution in [2.75, 3.05) is 27.4 Å². The van der Waals surface area contributed by atoms with E-state index in [1.807, 2.05) is 56.3 Å². The number of rotatable bonds is 11. The molecule has 1 aliphatic rings. The Morgan fingerprint density at radius 2 is 1.73 bits per heavy atom. The number of hydrogen-bond acceptors (Lipinski definition) is 9. The van der Waals surface area contributed by atoms with E-state index in [1.54, 1.807) is 25.3 Å². The number of fused-ring (bicyclic) bond motifs is 1. The number of benzene rings is 3. The predicted octanol–water partition coefficient (Wildman–Crippen LogP) is 5.66. The Balaban J connectivity index is 1.56. The first-order valence-corrected chi connectivity index (χ1v) is 16.3. The second-order valence-electron chi connectivity index (χ2n) is 9.70. The summed E-state index contributed by atoms with van der Waals surface area (Å²) in [6.07, 6.45) is 3.24. The lowest BCUT2D eigenvalue weighted by atomic mass is 9.97. The van der Waals surface area contributed by atoms with Crippen LogP contribution in [0.1, 0.15) is 36.6 Å². The van der Waals surface area contributed by atoms with Gasteiger partial charge in [0, 0.05) is 11.2 Å². The van der Waals surface area contributed by atoms with Crippen LogP contribution in [-0.2, 0) is 16.1 Å². The van der Waals surface area contributed by atoms with E-state index in [1.165, 1.54) is 29.2 Å². The number of esters is 1. The van der Waals surface area contributed by atoms with Gasteiger partial charge in [-0.1, -0.05) is 41.1 Å². The van der Waals surface area contributed by atoms with Gasteiger partial charge in [0.25, 0.3) is 5.56 Å². The molecule has 0 bridgehead atoms. The molecule has 0 fully saturated rings. The maximum atomic E-state index is 14.0. The maximum Gasteiger partial charge on any atom is 0.337 e. The van der Waals surface area contributed by atoms with Gasteiger partial charge < -0.3 is 23.7 Å². The van der Waals surface area contributed by atoms with E-state index in [-0.39, 0.29) is 11.1 Å². The topological polar surface area (TPSA) is 97.6 Å². The Kier molecular flexibility index (Phi) is 10.5. The minimum atomic E-state index is -0.788. The molecule has 0 aliphatic carbocycles. The first-order valence-electron chi connectivity index (χ1n) is 14.0. The van der Waals surface area contributed by atoms with Gasteiger partial charge in [0.1, 0.15) is 6.61 Å². The number of carbonyl (C=O) groups excluding carboxylic acids is 1. The minimum absolute atomic E-state index is 0.224. The first kappa shape index (κ1) is 32.6. The van der Waals surface area contributed by atoms with Crippen molar-refractivity contribution in [2.24, 2.45) is 4.99 Å². The van der Waals surface area contributed by atoms with Crippen LogP contribution in [0.15, 0.2) is 76.2 Å². The van der Waals surface area contributed by atoms with E-state index in [4.69, 9.17) is 35.3 Å². The van der Waals surface area contributed by atoms with Gasteiger partial charge in [-0.3, -0.25) is 9.36 Å². The second kappa shape index (κ2) is 14.5. The van der Waals surface area contributed by atoms with E-state index in [9.17, 15) is 9.59 Å². The molecule has 2 heterocycles. The third kappa shape index (κ3) is 7.05. The molecule has 0 saturated heterocycles. The number of carbonyl (C=O) groups is 1. The van der Waals surface area contributed by atoms with Crippen LogP contribution in [0, 0.1) is 3.57 Å². The van der Waals surface area contributed by atoms with Gasteiger partial charge in [0.05, 0.1) is 47.2 Å². The predicted molar refractivity (Wildman–Crippen MR) is 181 cm³/mol. The molecule has 0 N–H and O–H groups in total. The molecule has 45 heavy (non-hydrogen) atoms. The van der Waals surface area contributed by atoms with Crippen LogP contribution in [0.5, 0.6) is 23.0 Å². The van der Waals surface area contributed by atoms with Gasteiger partial charge in [-0.15, -0.1) is 0 Å². The van der Waals surface area contributed by atoms with Crippen molar-refractivity contribution in [1.29, 1.82) is 0 Å². The number of hydrogen-bond donors (Lipinski definition) is 0. The van der Waals surface area contributed by atoms with E-state index in [0.29, 0.717) is 62.7 Å². The third-order valence-corrected chi connectivity index (χ3v) is 8.90. The van der Waals surface area contributed by atoms with Crippen molar-refractivity contribution in [3.8, 4) is 23.0 Å². The quantitative estimate of drug-likeness (QED) is 0.144. The summed E-state index contributed by atoms with van der Waals surface area (Å²) >= 11 is 9.42. The Labute approximate surface area is 282 Å². The monoisotopic (exact) mass is 760 g/mol. The lowest BCUT2D eigenvalue weighted by Gasteiger charge is -2.23. The molecule has 1 aromatic heterocycles. The summed E-state index contributed by atoms with van der Waals surface area (Å²) in [5, 5.41) is 0.656. The molecule has 0 radical (unpaired) electrons. The van der Waals surface area contributed by atoms with Crippen LogP contribution >= 0.6 is 45.5 Å². The minimum Gasteiger partial charge on any atom is -0.493 e. The molecule has 9 nitrogen and oxygen atoms in total. The van der Waals surface area contributed by atoms with Crippen molar-refractivity contribution < 1.29 is 28.5 Å². The van der Waals surface area contributed by atoms with Crippen molar-refractivity contribution in [3.63, 3.8) is 0 Å². The van der Waals surface area contributed by atoms with Crippen molar-refractivity contribution in [1.82, 2.24) is 4.57 Å². The highest BCUT2D eigenvalue weighted by Crippen LogP contribution is 2.36. The molecule has 12 heteroatoms. The summed E-state index contributed by atoms with van der Waals surface area (Å²) in [7, 11) is 2.87. The largest absolute Gasteiger partial charge is 0.493 e. The summed E-state index contributed by atoms with van der Waals surface area (Å²) in [6, 6.07) is 15.7. The molecule has 0 unspecified atom stereocenters.